The van der Waals surface area contributed by atoms with Crippen molar-refractivity contribution in [1.82, 2.24) is 0 Å². The minimum Gasteiger partial charge on any atom is -0.184 e. The van der Waals surface area contributed by atoms with E-state index in [0.29, 0.717) is 0 Å². The number of hydrogen-bond acceptors (Lipinski definition) is 0. The molecule has 0 N–H and O–H groups in total. The number of benzene rings is 1. The molecule has 1 aliphatic carbocycles. The Balaban J connectivity index is 0.00000162. The zero-order chi connectivity index (χ0) is 11.9. The molecule has 0 radical (unpaired) electrons. The Bertz CT molecular complexity index is 334. The summed E-state index contributed by atoms with van der Waals surface area (Å²) in [6, 6.07) is 11.3. The van der Waals surface area contributed by atoms with Crippen molar-refractivity contribution in [1.29, 1.82) is 0 Å². The molecule has 1 aliphatic rings. The molecule has 1 aromatic rings. The topological polar surface area (TPSA) is 0 Å². The fourth-order valence-corrected chi connectivity index (χ4v) is 2.84. The minimum atomic E-state index is 0. The Labute approximate surface area is 124 Å². The average molecular weight is 234 g/mol. The van der Waals surface area contributed by atoms with Crippen molar-refractivity contribution in [2.45, 2.75) is 45.4 Å². The van der Waals surface area contributed by atoms with Crippen LogP contribution >= 0.6 is 0 Å². The van der Waals surface area contributed by atoms with Crippen LogP contribution in [0, 0.1) is 17.9 Å². The molecule has 0 bridgehead atoms. The summed E-state index contributed by atoms with van der Waals surface area (Å²) >= 11 is 0. The molecule has 0 nitrogen and oxygen atoms in total. The van der Waals surface area contributed by atoms with Crippen molar-refractivity contribution in [3.05, 3.63) is 42.0 Å². The summed E-state index contributed by atoms with van der Waals surface area (Å²) < 4.78 is 0. The maximum atomic E-state index is 3.06. The second kappa shape index (κ2) is 8.62. The fourth-order valence-electron chi connectivity index (χ4n) is 2.84. The monoisotopic (exact) mass is 234 g/mol. The minimum absolute atomic E-state index is 0. The first-order chi connectivity index (χ1) is 8.38. The normalized spacial score (nSPS) is 23.8. The van der Waals surface area contributed by atoms with Crippen LogP contribution in [0.25, 0.3) is 6.08 Å². The maximum absolute atomic E-state index is 3.06. The van der Waals surface area contributed by atoms with Gasteiger partial charge in [-0.15, -0.1) is 5.56 Å². The van der Waals surface area contributed by atoms with Crippen LogP contribution in [0.15, 0.2) is 30.3 Å². The number of hydrogen-bond donors (Lipinski definition) is 0. The van der Waals surface area contributed by atoms with Gasteiger partial charge in [0.1, 0.15) is 0 Å². The Morgan fingerprint density at radius 3 is 2.44 bits per heavy atom. The van der Waals surface area contributed by atoms with Crippen LogP contribution in [0.2, 0.25) is 0 Å². The Hall–Kier alpha value is -0.443. The van der Waals surface area contributed by atoms with E-state index in [-0.39, 0.29) is 18.9 Å². The van der Waals surface area contributed by atoms with E-state index in [2.05, 4.69) is 37.3 Å². The molecule has 0 heterocycles. The van der Waals surface area contributed by atoms with Crippen LogP contribution in [0.1, 0.15) is 51.0 Å². The van der Waals surface area contributed by atoms with Crippen molar-refractivity contribution < 1.29 is 18.9 Å². The first-order valence-corrected chi connectivity index (χ1v) is 7.03. The molecule has 0 saturated heterocycles. The zero-order valence-electron chi connectivity index (χ0n) is 11.9. The molecule has 2 rings (SSSR count). The molecule has 0 atom stereocenters. The zero-order valence-corrected chi connectivity index (χ0v) is 11.9. The van der Waals surface area contributed by atoms with E-state index in [9.17, 15) is 0 Å². The summed E-state index contributed by atoms with van der Waals surface area (Å²) in [6.45, 7) is 2.30. The molecule has 0 amide bonds. The SMILES string of the molecule is CCCC1CCC(C=Cc2cc[c-]cc2)CC1.[Li+]. The van der Waals surface area contributed by atoms with Crippen LogP contribution in [0.4, 0.5) is 0 Å². The number of rotatable bonds is 4. The molecule has 0 aromatic heterocycles. The molecular weight excluding hydrogens is 211 g/mol. The second-order valence-corrected chi connectivity index (χ2v) is 5.26. The van der Waals surface area contributed by atoms with Crippen molar-refractivity contribution in [3.8, 4) is 0 Å². The Morgan fingerprint density at radius 1 is 1.17 bits per heavy atom. The first-order valence-electron chi connectivity index (χ1n) is 7.03. The van der Waals surface area contributed by atoms with E-state index in [1.165, 1.54) is 44.1 Å². The molecule has 0 aliphatic heterocycles. The molecule has 1 saturated carbocycles. The summed E-state index contributed by atoms with van der Waals surface area (Å²) in [6.07, 6.45) is 13.1. The van der Waals surface area contributed by atoms with Gasteiger partial charge in [-0.2, -0.15) is 30.3 Å². The molecule has 1 heteroatoms. The van der Waals surface area contributed by atoms with E-state index in [0.717, 1.165) is 11.8 Å². The third kappa shape index (κ3) is 5.05. The van der Waals surface area contributed by atoms with E-state index in [4.69, 9.17) is 0 Å². The van der Waals surface area contributed by atoms with E-state index in [1.54, 1.807) is 0 Å². The molecule has 92 valence electrons. The van der Waals surface area contributed by atoms with Gasteiger partial charge in [0.05, 0.1) is 0 Å². The van der Waals surface area contributed by atoms with Crippen LogP contribution < -0.4 is 18.9 Å². The van der Waals surface area contributed by atoms with Gasteiger partial charge in [-0.05, 0) is 37.5 Å². The molecule has 18 heavy (non-hydrogen) atoms. The Morgan fingerprint density at radius 2 is 1.83 bits per heavy atom. The van der Waals surface area contributed by atoms with Crippen LogP contribution in [0.3, 0.4) is 0 Å². The quantitative estimate of drug-likeness (QED) is 0.553. The summed E-state index contributed by atoms with van der Waals surface area (Å²) in [5.74, 6) is 1.82. The van der Waals surface area contributed by atoms with Gasteiger partial charge in [-0.3, -0.25) is 0 Å². The summed E-state index contributed by atoms with van der Waals surface area (Å²) in [4.78, 5) is 0. The van der Waals surface area contributed by atoms with Gasteiger partial charge in [0, 0.05) is 0 Å². The van der Waals surface area contributed by atoms with Crippen LogP contribution in [-0.4, -0.2) is 0 Å². The summed E-state index contributed by atoms with van der Waals surface area (Å²) in [5.41, 5.74) is 1.31. The molecule has 1 aromatic carbocycles. The number of allylic oxidation sites excluding steroid dienone is 1. The van der Waals surface area contributed by atoms with Gasteiger partial charge >= 0.3 is 18.9 Å². The first kappa shape index (κ1) is 15.6. The fraction of sp³-hybridized carbons (Fsp3) is 0.529. The predicted molar refractivity (Wildman–Crippen MR) is 74.7 cm³/mol. The molecule has 0 unspecified atom stereocenters. The molecule has 1 fully saturated rings. The predicted octanol–water partition coefficient (Wildman–Crippen LogP) is 2.11. The standard InChI is InChI=1S/C17H23.Li/c1-2-6-15-9-12-17(13-10-15)14-11-16-7-4-3-5-8-16;/h4-5,7-8,11,14-15,17H,2,6,9-10,12-13H2,1H3;/q-1;+1. The van der Waals surface area contributed by atoms with Crippen molar-refractivity contribution >= 4 is 6.08 Å². The summed E-state index contributed by atoms with van der Waals surface area (Å²) in [7, 11) is 0. The van der Waals surface area contributed by atoms with Gasteiger partial charge in [-0.25, -0.2) is 0 Å². The smallest absolute Gasteiger partial charge is 0.184 e. The molecule has 0 spiro atoms. The average Bonchev–Trinajstić information content (AvgIpc) is 2.40. The third-order valence-electron chi connectivity index (χ3n) is 3.89. The van der Waals surface area contributed by atoms with Crippen LogP contribution in [-0.2, 0) is 0 Å². The van der Waals surface area contributed by atoms with Crippen LogP contribution in [0.5, 0.6) is 0 Å². The summed E-state index contributed by atoms with van der Waals surface area (Å²) in [5, 5.41) is 0. The van der Waals surface area contributed by atoms with Crippen molar-refractivity contribution in [3.63, 3.8) is 0 Å². The largest absolute Gasteiger partial charge is 1.00 e. The van der Waals surface area contributed by atoms with Gasteiger partial charge in [0.15, 0.2) is 0 Å². The van der Waals surface area contributed by atoms with Gasteiger partial charge in [0.2, 0.25) is 0 Å². The van der Waals surface area contributed by atoms with Crippen molar-refractivity contribution in [2.24, 2.45) is 11.8 Å². The van der Waals surface area contributed by atoms with E-state index >= 15 is 0 Å². The Kier molecular flexibility index (Phi) is 7.48. The van der Waals surface area contributed by atoms with Gasteiger partial charge in [0.25, 0.3) is 0 Å². The second-order valence-electron chi connectivity index (χ2n) is 5.26. The van der Waals surface area contributed by atoms with E-state index < -0.39 is 0 Å². The van der Waals surface area contributed by atoms with E-state index in [1.807, 2.05) is 12.1 Å². The van der Waals surface area contributed by atoms with Gasteiger partial charge < -0.3 is 0 Å². The van der Waals surface area contributed by atoms with Gasteiger partial charge in [-0.1, -0.05) is 31.9 Å². The van der Waals surface area contributed by atoms with Crippen molar-refractivity contribution in [2.75, 3.05) is 0 Å². The third-order valence-corrected chi connectivity index (χ3v) is 3.89. The molecular formula is C17H23Li. The maximum Gasteiger partial charge on any atom is 1.00 e.